The number of rotatable bonds is 6. The van der Waals surface area contributed by atoms with Gasteiger partial charge in [-0.2, -0.15) is 0 Å². The first kappa shape index (κ1) is 15.6. The van der Waals surface area contributed by atoms with E-state index in [0.29, 0.717) is 32.5 Å². The monoisotopic (exact) mass is 294 g/mol. The van der Waals surface area contributed by atoms with Crippen molar-refractivity contribution >= 4 is 11.9 Å². The molecule has 0 unspecified atom stereocenters. The molecule has 1 aromatic heterocycles. The summed E-state index contributed by atoms with van der Waals surface area (Å²) in [5, 5.41) is 12.3. The van der Waals surface area contributed by atoms with Crippen LogP contribution >= 0.6 is 0 Å². The van der Waals surface area contributed by atoms with Crippen molar-refractivity contribution in [3.63, 3.8) is 0 Å². The summed E-state index contributed by atoms with van der Waals surface area (Å²) in [5.41, 5.74) is -1.20. The third-order valence-electron chi connectivity index (χ3n) is 3.97. The largest absolute Gasteiger partial charge is 0.480 e. The summed E-state index contributed by atoms with van der Waals surface area (Å²) in [4.78, 5) is 24.2. The number of carboxylic acid groups (broad SMARTS) is 1. The number of ether oxygens (including phenoxy) is 1. The van der Waals surface area contributed by atoms with Gasteiger partial charge in [0.25, 0.3) is 0 Å². The van der Waals surface area contributed by atoms with E-state index in [9.17, 15) is 14.7 Å². The molecular weight excluding hydrogens is 272 g/mol. The number of nitrogens with zero attached hydrogens (tertiary/aromatic N) is 1. The third kappa shape index (κ3) is 3.44. The van der Waals surface area contributed by atoms with Gasteiger partial charge in [-0.3, -0.25) is 4.79 Å². The minimum Gasteiger partial charge on any atom is -0.480 e. The normalized spacial score (nSPS) is 18.9. The first-order valence-corrected chi connectivity index (χ1v) is 7.34. The van der Waals surface area contributed by atoms with E-state index in [-0.39, 0.29) is 11.9 Å². The van der Waals surface area contributed by atoms with Gasteiger partial charge in [-0.25, -0.2) is 4.79 Å². The van der Waals surface area contributed by atoms with E-state index in [4.69, 9.17) is 4.74 Å². The molecule has 1 aliphatic rings. The smallest absolute Gasteiger partial charge is 0.329 e. The van der Waals surface area contributed by atoms with Crippen LogP contribution in [0, 0.1) is 0 Å². The molecule has 2 rings (SSSR count). The number of carboxylic acids is 1. The molecule has 21 heavy (non-hydrogen) atoms. The van der Waals surface area contributed by atoms with Gasteiger partial charge < -0.3 is 19.7 Å². The van der Waals surface area contributed by atoms with Gasteiger partial charge in [0.05, 0.1) is 0 Å². The van der Waals surface area contributed by atoms with E-state index in [2.05, 4.69) is 5.32 Å². The highest BCUT2D eigenvalue weighted by molar-refractivity contribution is 5.89. The fourth-order valence-corrected chi connectivity index (χ4v) is 2.68. The molecule has 6 heteroatoms. The van der Waals surface area contributed by atoms with Gasteiger partial charge >= 0.3 is 5.97 Å². The van der Waals surface area contributed by atoms with Gasteiger partial charge in [0.15, 0.2) is 0 Å². The average Bonchev–Trinajstić information content (AvgIpc) is 2.99. The fourth-order valence-electron chi connectivity index (χ4n) is 2.68. The number of carbonyl (C=O) groups is 2. The molecule has 2 heterocycles. The lowest BCUT2D eigenvalue weighted by molar-refractivity contribution is -0.152. The van der Waals surface area contributed by atoms with Crippen molar-refractivity contribution in [3.05, 3.63) is 24.5 Å². The highest BCUT2D eigenvalue weighted by Crippen LogP contribution is 2.23. The highest BCUT2D eigenvalue weighted by atomic mass is 16.5. The van der Waals surface area contributed by atoms with Gasteiger partial charge in [0.1, 0.15) is 11.6 Å². The Morgan fingerprint density at radius 2 is 1.95 bits per heavy atom. The minimum atomic E-state index is -1.20. The second kappa shape index (κ2) is 6.76. The molecule has 0 saturated carbocycles. The molecular formula is C15H22N2O4. The summed E-state index contributed by atoms with van der Waals surface area (Å²) >= 11 is 0. The zero-order valence-electron chi connectivity index (χ0n) is 12.2. The van der Waals surface area contributed by atoms with Crippen molar-refractivity contribution in [1.29, 1.82) is 0 Å². The lowest BCUT2D eigenvalue weighted by Gasteiger charge is -2.35. The molecule has 0 spiro atoms. The van der Waals surface area contributed by atoms with Crippen molar-refractivity contribution in [1.82, 2.24) is 9.88 Å². The topological polar surface area (TPSA) is 80.6 Å². The number of aromatic nitrogens is 1. The summed E-state index contributed by atoms with van der Waals surface area (Å²) < 4.78 is 7.04. The standard InChI is InChI=1S/C15H22N2O4/c1-2-5-12(17-8-3-4-9-17)13(18)16-15(14(19)20)6-10-21-11-7-15/h3-4,8-9,12H,2,5-7,10-11H2,1H3,(H,16,18)(H,19,20)/t12-/m1/s1. The first-order valence-electron chi connectivity index (χ1n) is 7.34. The maximum Gasteiger partial charge on any atom is 0.329 e. The van der Waals surface area contributed by atoms with Gasteiger partial charge in [-0.15, -0.1) is 0 Å². The molecule has 6 nitrogen and oxygen atoms in total. The van der Waals surface area contributed by atoms with Crippen LogP contribution in [0.3, 0.4) is 0 Å². The van der Waals surface area contributed by atoms with Crippen LogP contribution < -0.4 is 5.32 Å². The summed E-state index contributed by atoms with van der Waals surface area (Å²) in [5.74, 6) is -1.22. The molecule has 1 atom stereocenters. The van der Waals surface area contributed by atoms with Crippen molar-refractivity contribution in [2.24, 2.45) is 0 Å². The Morgan fingerprint density at radius 3 is 2.48 bits per heavy atom. The zero-order valence-corrected chi connectivity index (χ0v) is 12.2. The Labute approximate surface area is 124 Å². The summed E-state index contributed by atoms with van der Waals surface area (Å²) in [6, 6.07) is 3.35. The van der Waals surface area contributed by atoms with E-state index in [0.717, 1.165) is 6.42 Å². The van der Waals surface area contributed by atoms with E-state index in [1.807, 2.05) is 36.0 Å². The Balaban J connectivity index is 2.14. The Kier molecular flexibility index (Phi) is 5.01. The number of hydrogen-bond acceptors (Lipinski definition) is 3. The highest BCUT2D eigenvalue weighted by Gasteiger charge is 2.42. The minimum absolute atomic E-state index is 0.239. The van der Waals surface area contributed by atoms with Gasteiger partial charge in [0.2, 0.25) is 5.91 Å². The Bertz CT molecular complexity index is 478. The molecule has 1 fully saturated rings. The molecule has 0 bridgehead atoms. The third-order valence-corrected chi connectivity index (χ3v) is 3.97. The maximum atomic E-state index is 12.6. The van der Waals surface area contributed by atoms with Crippen molar-refractivity contribution in [3.8, 4) is 0 Å². The van der Waals surface area contributed by atoms with E-state index < -0.39 is 11.5 Å². The zero-order chi connectivity index (χ0) is 15.3. The number of nitrogens with one attached hydrogen (secondary N) is 1. The molecule has 116 valence electrons. The molecule has 1 amide bonds. The molecule has 1 aromatic rings. The molecule has 0 aliphatic carbocycles. The Hall–Kier alpha value is -1.82. The van der Waals surface area contributed by atoms with Crippen LogP contribution in [0.15, 0.2) is 24.5 Å². The maximum absolute atomic E-state index is 12.6. The molecule has 0 aromatic carbocycles. The van der Waals surface area contributed by atoms with E-state index in [1.54, 1.807) is 0 Å². The number of hydrogen-bond donors (Lipinski definition) is 2. The fraction of sp³-hybridized carbons (Fsp3) is 0.600. The SMILES string of the molecule is CCC[C@H](C(=O)NC1(C(=O)O)CCOCC1)n1cccc1. The van der Waals surface area contributed by atoms with Crippen molar-refractivity contribution in [2.45, 2.75) is 44.2 Å². The number of carbonyl (C=O) groups excluding carboxylic acids is 1. The van der Waals surface area contributed by atoms with Crippen LogP contribution in [-0.4, -0.2) is 40.3 Å². The average molecular weight is 294 g/mol. The van der Waals surface area contributed by atoms with E-state index >= 15 is 0 Å². The number of amides is 1. The number of aliphatic carboxylic acids is 1. The Morgan fingerprint density at radius 1 is 1.33 bits per heavy atom. The van der Waals surface area contributed by atoms with Crippen LogP contribution in [0.5, 0.6) is 0 Å². The summed E-state index contributed by atoms with van der Waals surface area (Å²) in [7, 11) is 0. The summed E-state index contributed by atoms with van der Waals surface area (Å²) in [6.45, 7) is 2.72. The molecule has 0 radical (unpaired) electrons. The first-order chi connectivity index (χ1) is 10.1. The van der Waals surface area contributed by atoms with Crippen molar-refractivity contribution < 1.29 is 19.4 Å². The van der Waals surface area contributed by atoms with Gasteiger partial charge in [0, 0.05) is 38.4 Å². The quantitative estimate of drug-likeness (QED) is 0.834. The molecule has 1 saturated heterocycles. The second-order valence-corrected chi connectivity index (χ2v) is 5.42. The van der Waals surface area contributed by atoms with Gasteiger partial charge in [-0.1, -0.05) is 13.3 Å². The lowest BCUT2D eigenvalue weighted by Crippen LogP contribution is -2.58. The van der Waals surface area contributed by atoms with Gasteiger partial charge in [-0.05, 0) is 18.6 Å². The predicted molar refractivity (Wildman–Crippen MR) is 76.9 cm³/mol. The van der Waals surface area contributed by atoms with E-state index in [1.165, 1.54) is 0 Å². The molecule has 1 aliphatic heterocycles. The van der Waals surface area contributed by atoms with Crippen LogP contribution in [0.1, 0.15) is 38.6 Å². The summed E-state index contributed by atoms with van der Waals surface area (Å²) in [6.07, 6.45) is 5.79. The predicted octanol–water partition coefficient (Wildman–Crippen LogP) is 1.58. The van der Waals surface area contributed by atoms with Crippen LogP contribution in [0.2, 0.25) is 0 Å². The van der Waals surface area contributed by atoms with Crippen LogP contribution in [-0.2, 0) is 14.3 Å². The lowest BCUT2D eigenvalue weighted by atomic mass is 9.89. The van der Waals surface area contributed by atoms with Crippen LogP contribution in [0.4, 0.5) is 0 Å². The second-order valence-electron chi connectivity index (χ2n) is 5.42. The van der Waals surface area contributed by atoms with Crippen molar-refractivity contribution in [2.75, 3.05) is 13.2 Å². The van der Waals surface area contributed by atoms with Crippen LogP contribution in [0.25, 0.3) is 0 Å². The molecule has 2 N–H and O–H groups in total.